The van der Waals surface area contributed by atoms with Crippen molar-refractivity contribution in [1.82, 2.24) is 24.6 Å². The van der Waals surface area contributed by atoms with Crippen LogP contribution in [0.1, 0.15) is 35.2 Å². The van der Waals surface area contributed by atoms with Crippen LogP contribution in [-0.2, 0) is 26.9 Å². The van der Waals surface area contributed by atoms with Crippen LogP contribution in [0.3, 0.4) is 0 Å². The fourth-order valence-electron chi connectivity index (χ4n) is 5.19. The van der Waals surface area contributed by atoms with Crippen LogP contribution in [0, 0.1) is 11.3 Å². The molecule has 0 aliphatic carbocycles. The van der Waals surface area contributed by atoms with Gasteiger partial charge in [-0.2, -0.15) is 18.4 Å². The largest absolute Gasteiger partial charge is 0.466 e. The third-order valence-corrected chi connectivity index (χ3v) is 7.31. The van der Waals surface area contributed by atoms with Gasteiger partial charge in [-0.25, -0.2) is 19.3 Å². The number of halogens is 3. The number of ether oxygens (including phenoxy) is 1. The number of nitriles is 1. The predicted octanol–water partition coefficient (Wildman–Crippen LogP) is 3.21. The number of methoxy groups -OCH3 is 1. The number of aromatic amines is 1. The number of allylic oxidation sites excluding steroid dienone is 1. The smallest absolute Gasteiger partial charge is 0.416 e. The number of benzene rings is 2. The lowest BCUT2D eigenvalue weighted by molar-refractivity contribution is -0.138. The summed E-state index contributed by atoms with van der Waals surface area (Å²) in [6, 6.07) is 9.37. The van der Waals surface area contributed by atoms with Crippen molar-refractivity contribution in [1.29, 1.82) is 5.26 Å². The van der Waals surface area contributed by atoms with Crippen LogP contribution in [0.5, 0.6) is 0 Å². The van der Waals surface area contributed by atoms with Gasteiger partial charge in [0.15, 0.2) is 0 Å². The number of aromatic nitrogens is 3. The highest BCUT2D eigenvalue weighted by molar-refractivity contribution is 5.93. The minimum atomic E-state index is -4.65. The van der Waals surface area contributed by atoms with Gasteiger partial charge in [-0.3, -0.25) is 14.6 Å². The van der Waals surface area contributed by atoms with Gasteiger partial charge in [0.25, 0.3) is 0 Å². The highest BCUT2D eigenvalue weighted by Gasteiger charge is 2.41. The Bertz CT molecular complexity index is 1700. The number of alkyl halides is 3. The quantitative estimate of drug-likeness (QED) is 0.412. The minimum Gasteiger partial charge on any atom is -0.466 e. The lowest BCUT2D eigenvalue weighted by Crippen LogP contribution is -2.44. The summed E-state index contributed by atoms with van der Waals surface area (Å²) in [7, 11) is 7.85. The Balaban J connectivity index is 2.01. The average Bonchev–Trinajstić information content (AvgIpc) is 3.34. The third-order valence-electron chi connectivity index (χ3n) is 7.31. The molecule has 0 fully saturated rings. The first-order valence-electron chi connectivity index (χ1n) is 13.0. The summed E-state index contributed by atoms with van der Waals surface area (Å²) < 4.78 is 47.1. The molecule has 2 atom stereocenters. The normalized spacial score (nSPS) is 15.7. The zero-order chi connectivity index (χ0) is 31.8. The maximum absolute atomic E-state index is 13.6. The van der Waals surface area contributed by atoms with E-state index in [4.69, 9.17) is 4.74 Å². The highest BCUT2D eigenvalue weighted by Crippen LogP contribution is 2.43. The predicted molar refractivity (Wildman–Crippen MR) is 150 cm³/mol. The molecule has 1 N–H and O–H groups in total. The van der Waals surface area contributed by atoms with Gasteiger partial charge in [0.2, 0.25) is 11.9 Å². The zero-order valence-corrected chi connectivity index (χ0v) is 24.4. The lowest BCUT2D eigenvalue weighted by atomic mass is 9.87. The Hall–Kier alpha value is -4.90. The summed E-state index contributed by atoms with van der Waals surface area (Å²) in [5, 5.41) is 16.1. The van der Waals surface area contributed by atoms with Crippen LogP contribution < -0.4 is 10.6 Å². The molecule has 2 heterocycles. The average molecular weight is 598 g/mol. The molecule has 43 heavy (non-hydrogen) atoms. The number of fused-ring (bicyclic) bond motifs is 1. The van der Waals surface area contributed by atoms with E-state index < -0.39 is 35.5 Å². The molecule has 0 spiro atoms. The number of nitrogens with one attached hydrogen (secondary N) is 1. The standard InChI is InChI=1S/C29H30F3N7O4/c1-16-23(26(41)43-6)24(21-11-10-17(15-33)12-18(21)13-22(36(2)3)25(40)37(4)5)39-27(34-35-28(39)42)38(16)20-9-7-8-19(14-20)29(30,31)32/h7-12,14,22,24H,13H2,1-6H3,(H,35,42)/t22?,24-/m1/s1. The molecule has 1 aliphatic rings. The van der Waals surface area contributed by atoms with Crippen molar-refractivity contribution >= 4 is 23.5 Å². The summed E-state index contributed by atoms with van der Waals surface area (Å²) in [6.07, 6.45) is -4.54. The molecule has 0 bridgehead atoms. The maximum Gasteiger partial charge on any atom is 0.416 e. The molecule has 3 aromatic rings. The molecule has 4 rings (SSSR count). The molecule has 1 aliphatic heterocycles. The van der Waals surface area contributed by atoms with E-state index in [9.17, 15) is 32.8 Å². The summed E-state index contributed by atoms with van der Waals surface area (Å²) in [5.41, 5.74) is -0.335. The molecule has 14 heteroatoms. The van der Waals surface area contributed by atoms with E-state index in [2.05, 4.69) is 16.3 Å². The van der Waals surface area contributed by atoms with Crippen LogP contribution in [0.2, 0.25) is 0 Å². The first kappa shape index (κ1) is 31.0. The first-order chi connectivity index (χ1) is 20.2. The first-order valence-corrected chi connectivity index (χ1v) is 13.0. The second-order valence-corrected chi connectivity index (χ2v) is 10.4. The van der Waals surface area contributed by atoms with Gasteiger partial charge in [-0.1, -0.05) is 12.1 Å². The number of esters is 1. The molecular formula is C29H30F3N7O4. The Kier molecular flexibility index (Phi) is 8.50. The summed E-state index contributed by atoms with van der Waals surface area (Å²) in [4.78, 5) is 44.3. The van der Waals surface area contributed by atoms with E-state index in [1.165, 1.54) is 34.9 Å². The fourth-order valence-corrected chi connectivity index (χ4v) is 5.19. The minimum absolute atomic E-state index is 0.0109. The van der Waals surface area contributed by atoms with Crippen molar-refractivity contribution in [3.63, 3.8) is 0 Å². The topological polar surface area (TPSA) is 128 Å². The number of amides is 1. The van der Waals surface area contributed by atoms with Crippen LogP contribution in [-0.4, -0.2) is 77.8 Å². The van der Waals surface area contributed by atoms with Crippen molar-refractivity contribution in [2.45, 2.75) is 31.6 Å². The van der Waals surface area contributed by atoms with Gasteiger partial charge >= 0.3 is 17.8 Å². The number of likely N-dealkylation sites (N-methyl/N-ethyl adjacent to an activating group) is 2. The van der Waals surface area contributed by atoms with E-state index in [1.807, 2.05) is 0 Å². The molecule has 0 radical (unpaired) electrons. The van der Waals surface area contributed by atoms with Gasteiger partial charge in [0.05, 0.1) is 35.9 Å². The molecule has 2 aromatic carbocycles. The van der Waals surface area contributed by atoms with E-state index in [0.717, 1.165) is 23.8 Å². The van der Waals surface area contributed by atoms with Crippen molar-refractivity contribution in [3.05, 3.63) is 86.5 Å². The summed E-state index contributed by atoms with van der Waals surface area (Å²) >= 11 is 0. The second kappa shape index (κ2) is 11.8. The maximum atomic E-state index is 13.6. The monoisotopic (exact) mass is 597 g/mol. The third kappa shape index (κ3) is 5.76. The zero-order valence-electron chi connectivity index (χ0n) is 24.4. The molecule has 0 saturated carbocycles. The SMILES string of the molecule is COC(=O)C1=C(C)N(c2cccc(C(F)(F)F)c2)c2n[nH]c(=O)n2[C@@H]1c1ccc(C#N)cc1CC(C(=O)N(C)C)N(C)C. The summed E-state index contributed by atoms with van der Waals surface area (Å²) in [6.45, 7) is 1.52. The van der Waals surface area contributed by atoms with E-state index >= 15 is 0 Å². The van der Waals surface area contributed by atoms with Gasteiger partial charge in [-0.15, -0.1) is 5.10 Å². The number of hydrogen-bond donors (Lipinski definition) is 1. The van der Waals surface area contributed by atoms with Crippen molar-refractivity contribution in [2.24, 2.45) is 0 Å². The number of carbonyl (C=O) groups excluding carboxylic acids is 2. The van der Waals surface area contributed by atoms with E-state index in [1.54, 1.807) is 45.2 Å². The van der Waals surface area contributed by atoms with Crippen molar-refractivity contribution in [2.75, 3.05) is 40.2 Å². The molecule has 11 nitrogen and oxygen atoms in total. The highest BCUT2D eigenvalue weighted by atomic mass is 19.4. The van der Waals surface area contributed by atoms with E-state index in [0.29, 0.717) is 11.1 Å². The van der Waals surface area contributed by atoms with Crippen LogP contribution >= 0.6 is 0 Å². The van der Waals surface area contributed by atoms with Gasteiger partial charge < -0.3 is 9.64 Å². The number of H-pyrrole nitrogens is 1. The number of rotatable bonds is 7. The number of hydrogen-bond acceptors (Lipinski definition) is 8. The van der Waals surface area contributed by atoms with Gasteiger partial charge in [0.1, 0.15) is 6.04 Å². The molecular weight excluding hydrogens is 567 g/mol. The van der Waals surface area contributed by atoms with Crippen LogP contribution in [0.25, 0.3) is 0 Å². The molecule has 226 valence electrons. The Morgan fingerprint density at radius 2 is 1.86 bits per heavy atom. The van der Waals surface area contributed by atoms with Crippen LogP contribution in [0.4, 0.5) is 24.8 Å². The number of nitrogens with zero attached hydrogens (tertiary/aromatic N) is 6. The molecule has 0 saturated heterocycles. The van der Waals surface area contributed by atoms with Gasteiger partial charge in [0, 0.05) is 25.5 Å². The Labute approximate surface area is 245 Å². The molecule has 1 aromatic heterocycles. The van der Waals surface area contributed by atoms with Crippen molar-refractivity contribution in [3.8, 4) is 6.07 Å². The van der Waals surface area contributed by atoms with Crippen molar-refractivity contribution < 1.29 is 27.5 Å². The lowest BCUT2D eigenvalue weighted by Gasteiger charge is -2.36. The fraction of sp³-hybridized carbons (Fsp3) is 0.345. The number of anilines is 2. The summed E-state index contributed by atoms with van der Waals surface area (Å²) in [5.74, 6) is -1.11. The second-order valence-electron chi connectivity index (χ2n) is 10.4. The number of carbonyl (C=O) groups is 2. The van der Waals surface area contributed by atoms with Crippen LogP contribution in [0.15, 0.2) is 58.5 Å². The Morgan fingerprint density at radius 3 is 2.44 bits per heavy atom. The molecule has 1 unspecified atom stereocenters. The molecule has 1 amide bonds. The van der Waals surface area contributed by atoms with E-state index in [-0.39, 0.29) is 40.8 Å². The Morgan fingerprint density at radius 1 is 1.16 bits per heavy atom. The van der Waals surface area contributed by atoms with Gasteiger partial charge in [-0.05, 0) is 68.9 Å².